The topological polar surface area (TPSA) is 43.8 Å². The quantitative estimate of drug-likeness (QED) is 0.823. The van der Waals surface area contributed by atoms with E-state index in [9.17, 15) is 0 Å². The predicted molar refractivity (Wildman–Crippen MR) is 66.8 cm³/mol. The summed E-state index contributed by atoms with van der Waals surface area (Å²) in [5, 5.41) is 6.59. The van der Waals surface area contributed by atoms with Gasteiger partial charge in [0.2, 0.25) is 0 Å². The van der Waals surface area contributed by atoms with Crippen LogP contribution in [0.4, 0.5) is 5.82 Å². The zero-order chi connectivity index (χ0) is 11.1. The second-order valence-corrected chi connectivity index (χ2v) is 5.37. The number of thiophene rings is 1. The Labute approximate surface area is 98.9 Å². The van der Waals surface area contributed by atoms with Crippen LogP contribution in [0.25, 0.3) is 0 Å². The molecule has 0 fully saturated rings. The third kappa shape index (κ3) is 1.37. The molecule has 0 radical (unpaired) electrons. The number of aryl methyl sites for hydroxylation is 2. The van der Waals surface area contributed by atoms with Gasteiger partial charge in [0.1, 0.15) is 5.82 Å². The summed E-state index contributed by atoms with van der Waals surface area (Å²) in [5.74, 6) is 0.809. The molecule has 0 saturated heterocycles. The highest BCUT2D eigenvalue weighted by Crippen LogP contribution is 2.36. The highest BCUT2D eigenvalue weighted by Gasteiger charge is 2.24. The molecule has 2 aromatic heterocycles. The number of nitrogens with zero attached hydrogens (tertiary/aromatic N) is 2. The number of hydrogen-bond acceptors (Lipinski definition) is 3. The highest BCUT2D eigenvalue weighted by atomic mass is 32.1. The Hall–Kier alpha value is -1.29. The van der Waals surface area contributed by atoms with Crippen LogP contribution in [0.3, 0.4) is 0 Å². The number of nitrogens with two attached hydrogens (primary N) is 1. The molecular weight excluding hydrogens is 218 g/mol. The van der Waals surface area contributed by atoms with Crippen molar-refractivity contribution < 1.29 is 0 Å². The lowest BCUT2D eigenvalue weighted by Gasteiger charge is -2.23. The van der Waals surface area contributed by atoms with Crippen LogP contribution in [0.15, 0.2) is 17.6 Å². The van der Waals surface area contributed by atoms with Crippen molar-refractivity contribution in [2.45, 2.75) is 32.2 Å². The smallest absolute Gasteiger partial charge is 0.125 e. The van der Waals surface area contributed by atoms with Crippen LogP contribution in [-0.4, -0.2) is 9.78 Å². The molecular formula is C12H15N3S. The van der Waals surface area contributed by atoms with Crippen LogP contribution in [0.1, 0.15) is 34.9 Å². The summed E-state index contributed by atoms with van der Waals surface area (Å²) in [4.78, 5) is 1.50. The van der Waals surface area contributed by atoms with Gasteiger partial charge in [0, 0.05) is 10.4 Å². The van der Waals surface area contributed by atoms with Gasteiger partial charge in [-0.05, 0) is 43.2 Å². The van der Waals surface area contributed by atoms with E-state index >= 15 is 0 Å². The molecule has 1 aliphatic rings. The molecule has 0 bridgehead atoms. The van der Waals surface area contributed by atoms with Crippen LogP contribution in [-0.2, 0) is 6.42 Å². The molecule has 0 aliphatic heterocycles. The minimum atomic E-state index is 0.351. The first-order valence-corrected chi connectivity index (χ1v) is 6.51. The molecule has 0 spiro atoms. The molecule has 1 unspecified atom stereocenters. The van der Waals surface area contributed by atoms with Crippen molar-refractivity contribution in [1.29, 1.82) is 0 Å². The van der Waals surface area contributed by atoms with Crippen molar-refractivity contribution in [2.24, 2.45) is 0 Å². The average molecular weight is 233 g/mol. The zero-order valence-electron chi connectivity index (χ0n) is 9.31. The second-order valence-electron chi connectivity index (χ2n) is 4.36. The van der Waals surface area contributed by atoms with Crippen LogP contribution in [0.5, 0.6) is 0 Å². The van der Waals surface area contributed by atoms with Crippen molar-refractivity contribution >= 4 is 17.2 Å². The number of anilines is 1. The lowest BCUT2D eigenvalue weighted by atomic mass is 9.94. The van der Waals surface area contributed by atoms with Crippen molar-refractivity contribution in [3.63, 3.8) is 0 Å². The summed E-state index contributed by atoms with van der Waals surface area (Å²) in [5.41, 5.74) is 8.56. The van der Waals surface area contributed by atoms with Gasteiger partial charge in [-0.1, -0.05) is 0 Å². The fourth-order valence-electron chi connectivity index (χ4n) is 2.42. The third-order valence-electron chi connectivity index (χ3n) is 3.34. The van der Waals surface area contributed by atoms with Gasteiger partial charge < -0.3 is 5.73 Å². The van der Waals surface area contributed by atoms with Crippen molar-refractivity contribution in [3.05, 3.63) is 33.6 Å². The monoisotopic (exact) mass is 233 g/mol. The third-order valence-corrected chi connectivity index (χ3v) is 4.34. The summed E-state index contributed by atoms with van der Waals surface area (Å²) >= 11 is 1.85. The van der Waals surface area contributed by atoms with E-state index in [1.807, 2.05) is 29.1 Å². The molecule has 2 aromatic rings. The first kappa shape index (κ1) is 9.90. The average Bonchev–Trinajstić information content (AvgIpc) is 2.87. The molecule has 2 heterocycles. The van der Waals surface area contributed by atoms with Crippen molar-refractivity contribution in [3.8, 4) is 0 Å². The molecule has 16 heavy (non-hydrogen) atoms. The van der Waals surface area contributed by atoms with Crippen molar-refractivity contribution in [2.75, 3.05) is 5.73 Å². The fraction of sp³-hybridized carbons (Fsp3) is 0.417. The SMILES string of the molecule is Cc1cnn(C2CCCc3sccc32)c1N. The van der Waals surface area contributed by atoms with Gasteiger partial charge in [-0.3, -0.25) is 0 Å². The summed E-state index contributed by atoms with van der Waals surface area (Å²) in [7, 11) is 0. The van der Waals surface area contributed by atoms with E-state index in [-0.39, 0.29) is 0 Å². The minimum absolute atomic E-state index is 0.351. The first-order chi connectivity index (χ1) is 7.77. The molecule has 1 aliphatic carbocycles. The van der Waals surface area contributed by atoms with Crippen LogP contribution < -0.4 is 5.73 Å². The Kier molecular flexibility index (Phi) is 2.24. The minimum Gasteiger partial charge on any atom is -0.384 e. The number of fused-ring (bicyclic) bond motifs is 1. The molecule has 2 N–H and O–H groups in total. The van der Waals surface area contributed by atoms with Crippen LogP contribution >= 0.6 is 11.3 Å². The van der Waals surface area contributed by atoms with E-state index in [0.717, 1.165) is 17.8 Å². The van der Waals surface area contributed by atoms with Crippen LogP contribution in [0, 0.1) is 6.92 Å². The molecule has 1 atom stereocenters. The summed E-state index contributed by atoms with van der Waals surface area (Å²) in [6.07, 6.45) is 5.45. The summed E-state index contributed by atoms with van der Waals surface area (Å²) in [6, 6.07) is 2.57. The second kappa shape index (κ2) is 3.63. The summed E-state index contributed by atoms with van der Waals surface area (Å²) < 4.78 is 1.99. The maximum Gasteiger partial charge on any atom is 0.125 e. The Morgan fingerprint density at radius 2 is 2.44 bits per heavy atom. The van der Waals surface area contributed by atoms with Gasteiger partial charge in [-0.15, -0.1) is 11.3 Å². The number of hydrogen-bond donors (Lipinski definition) is 1. The Bertz CT molecular complexity index is 512. The van der Waals surface area contributed by atoms with E-state index in [4.69, 9.17) is 5.73 Å². The van der Waals surface area contributed by atoms with E-state index in [0.29, 0.717) is 6.04 Å². The van der Waals surface area contributed by atoms with E-state index in [1.54, 1.807) is 0 Å². The molecule has 3 nitrogen and oxygen atoms in total. The highest BCUT2D eigenvalue weighted by molar-refractivity contribution is 7.10. The van der Waals surface area contributed by atoms with Gasteiger partial charge in [-0.2, -0.15) is 5.10 Å². The van der Waals surface area contributed by atoms with Gasteiger partial charge in [0.15, 0.2) is 0 Å². The molecule has 3 rings (SSSR count). The van der Waals surface area contributed by atoms with Crippen molar-refractivity contribution in [1.82, 2.24) is 9.78 Å². The standard InChI is InChI=1S/C12H15N3S/c1-8-7-14-15(12(8)13)10-3-2-4-11-9(10)5-6-16-11/h5-7,10H,2-4,13H2,1H3. The van der Waals surface area contributed by atoms with E-state index in [1.165, 1.54) is 23.3 Å². The summed E-state index contributed by atoms with van der Waals surface area (Å²) in [6.45, 7) is 2.01. The van der Waals surface area contributed by atoms with Crippen LogP contribution in [0.2, 0.25) is 0 Å². The van der Waals surface area contributed by atoms with Gasteiger partial charge in [0.05, 0.1) is 12.2 Å². The molecule has 84 valence electrons. The Morgan fingerprint density at radius 3 is 3.19 bits per heavy atom. The van der Waals surface area contributed by atoms with E-state index < -0.39 is 0 Å². The maximum atomic E-state index is 6.06. The zero-order valence-corrected chi connectivity index (χ0v) is 10.1. The maximum absolute atomic E-state index is 6.06. The normalized spacial score (nSPS) is 19.7. The molecule has 0 aromatic carbocycles. The molecule has 0 amide bonds. The largest absolute Gasteiger partial charge is 0.384 e. The number of nitrogen functional groups attached to an aromatic ring is 1. The van der Waals surface area contributed by atoms with E-state index in [2.05, 4.69) is 16.5 Å². The fourth-order valence-corrected chi connectivity index (χ4v) is 3.40. The lowest BCUT2D eigenvalue weighted by Crippen LogP contribution is -2.18. The number of rotatable bonds is 1. The Balaban J connectivity index is 2.07. The first-order valence-electron chi connectivity index (χ1n) is 5.63. The predicted octanol–water partition coefficient (Wildman–Crippen LogP) is 2.76. The lowest BCUT2D eigenvalue weighted by molar-refractivity contribution is 0.460. The number of aromatic nitrogens is 2. The molecule has 0 saturated carbocycles. The molecule has 4 heteroatoms. The van der Waals surface area contributed by atoms with Gasteiger partial charge in [0.25, 0.3) is 0 Å². The van der Waals surface area contributed by atoms with Gasteiger partial charge in [-0.25, -0.2) is 4.68 Å². The Morgan fingerprint density at radius 1 is 1.56 bits per heavy atom. The van der Waals surface area contributed by atoms with Gasteiger partial charge >= 0.3 is 0 Å².